The number of carbonyl (C=O) groups is 2. The third kappa shape index (κ3) is 3.86. The van der Waals surface area contributed by atoms with Gasteiger partial charge in [0.15, 0.2) is 15.6 Å². The zero-order chi connectivity index (χ0) is 20.6. The number of anilines is 1. The second-order valence-electron chi connectivity index (χ2n) is 7.18. The molecule has 1 aromatic heterocycles. The van der Waals surface area contributed by atoms with Crippen molar-refractivity contribution in [3.05, 3.63) is 65.1 Å². The van der Waals surface area contributed by atoms with Gasteiger partial charge in [-0.2, -0.15) is 11.8 Å². The van der Waals surface area contributed by atoms with Gasteiger partial charge < -0.3 is 5.32 Å². The summed E-state index contributed by atoms with van der Waals surface area (Å²) in [5.74, 6) is 1.66. The first-order valence-corrected chi connectivity index (χ1v) is 12.3. The molecular weight excluding hydrogens is 408 g/mol. The third-order valence-corrected chi connectivity index (χ3v) is 7.41. The Morgan fingerprint density at radius 3 is 2.62 bits per heavy atom. The number of benzene rings is 1. The molecule has 0 spiro atoms. The first kappa shape index (κ1) is 19.8. The highest BCUT2D eigenvalue weighted by atomic mass is 32.2. The Morgan fingerprint density at radius 2 is 1.90 bits per heavy atom. The zero-order valence-corrected chi connectivity index (χ0v) is 17.5. The highest BCUT2D eigenvalue weighted by Gasteiger charge is 2.31. The largest absolute Gasteiger partial charge is 0.351 e. The fourth-order valence-electron chi connectivity index (χ4n) is 3.81. The van der Waals surface area contributed by atoms with Gasteiger partial charge in [-0.1, -0.05) is 12.1 Å². The summed E-state index contributed by atoms with van der Waals surface area (Å²) in [6, 6.07) is 6.28. The number of nitrogens with one attached hydrogen (secondary N) is 1. The highest BCUT2D eigenvalue weighted by Crippen LogP contribution is 2.36. The van der Waals surface area contributed by atoms with Crippen LogP contribution in [0.5, 0.6) is 0 Å². The minimum atomic E-state index is -3.63. The number of carbonyl (C=O) groups excluding carboxylic acids is 2. The number of sulfone groups is 1. The fraction of sp³-hybridized carbons (Fsp3) is 0.286. The smallest absolute Gasteiger partial charge is 0.210 e. The molecule has 0 saturated carbocycles. The van der Waals surface area contributed by atoms with Crippen molar-refractivity contribution in [1.82, 2.24) is 4.98 Å². The Hall–Kier alpha value is -2.45. The summed E-state index contributed by atoms with van der Waals surface area (Å²) in [4.78, 5) is 29.8. The molecule has 1 aliphatic heterocycles. The Labute approximate surface area is 173 Å². The third-order valence-electron chi connectivity index (χ3n) is 5.22. The van der Waals surface area contributed by atoms with Crippen LogP contribution in [0, 0.1) is 0 Å². The molecule has 1 aromatic carbocycles. The van der Waals surface area contributed by atoms with E-state index in [-0.39, 0.29) is 21.7 Å². The van der Waals surface area contributed by atoms with Crippen LogP contribution in [0.15, 0.2) is 53.3 Å². The average molecular weight is 429 g/mol. The van der Waals surface area contributed by atoms with Gasteiger partial charge in [-0.05, 0) is 48.0 Å². The number of aromatic nitrogens is 1. The van der Waals surface area contributed by atoms with Crippen molar-refractivity contribution in [2.24, 2.45) is 0 Å². The maximum atomic E-state index is 13.0. The highest BCUT2D eigenvalue weighted by molar-refractivity contribution is 7.99. The van der Waals surface area contributed by atoms with Crippen LogP contribution in [0.25, 0.3) is 0 Å². The summed E-state index contributed by atoms with van der Waals surface area (Å²) in [5, 5.41) is 3.10. The van der Waals surface area contributed by atoms with Gasteiger partial charge in [0.25, 0.3) is 0 Å². The quantitative estimate of drug-likeness (QED) is 0.797. The van der Waals surface area contributed by atoms with Gasteiger partial charge in [-0.25, -0.2) is 8.42 Å². The van der Waals surface area contributed by atoms with Crippen molar-refractivity contribution in [3.63, 3.8) is 0 Å². The molecule has 1 aliphatic carbocycles. The van der Waals surface area contributed by atoms with E-state index in [0.717, 1.165) is 36.2 Å². The average Bonchev–Trinajstić information content (AvgIpc) is 2.72. The number of allylic oxidation sites excluding steroid dienone is 2. The van der Waals surface area contributed by atoms with E-state index in [0.29, 0.717) is 11.6 Å². The number of Topliss-reactive ketones (excluding diaryl/α,β-unsaturated/α-hetero) is 1. The normalized spacial score (nSPS) is 17.6. The van der Waals surface area contributed by atoms with Gasteiger partial charge in [-0.3, -0.25) is 14.6 Å². The van der Waals surface area contributed by atoms with Crippen molar-refractivity contribution in [3.8, 4) is 0 Å². The van der Waals surface area contributed by atoms with Crippen LogP contribution in [0.4, 0.5) is 5.69 Å². The summed E-state index contributed by atoms with van der Waals surface area (Å²) in [6.45, 7) is 0. The molecule has 2 aromatic rings. The number of thioether (sulfide) groups is 1. The number of hydrogen-bond donors (Lipinski definition) is 1. The number of pyridine rings is 1. The summed E-state index contributed by atoms with van der Waals surface area (Å²) in [5.41, 5.74) is 1.97. The molecule has 8 heteroatoms. The van der Waals surface area contributed by atoms with E-state index in [1.54, 1.807) is 12.4 Å². The van der Waals surface area contributed by atoms with Crippen LogP contribution in [-0.4, -0.2) is 42.7 Å². The molecule has 0 atom stereocenters. The maximum Gasteiger partial charge on any atom is 0.210 e. The SMILES string of the molecule is CS(=O)(=O)c1cccc2c1C(=O)C=C(Nc1cnccc1C1CCSCC1)C2=O. The zero-order valence-electron chi connectivity index (χ0n) is 15.8. The predicted octanol–water partition coefficient (Wildman–Crippen LogP) is 3.47. The molecule has 0 bridgehead atoms. The van der Waals surface area contributed by atoms with Gasteiger partial charge in [0, 0.05) is 24.1 Å². The Balaban J connectivity index is 1.70. The number of nitrogens with zero attached hydrogens (tertiary/aromatic N) is 1. The Morgan fingerprint density at radius 1 is 1.14 bits per heavy atom. The monoisotopic (exact) mass is 428 g/mol. The van der Waals surface area contributed by atoms with Crippen LogP contribution in [-0.2, 0) is 9.84 Å². The molecule has 1 saturated heterocycles. The van der Waals surface area contributed by atoms with Gasteiger partial charge in [0.1, 0.15) is 0 Å². The van der Waals surface area contributed by atoms with Gasteiger partial charge >= 0.3 is 0 Å². The Bertz CT molecular complexity index is 1130. The second-order valence-corrected chi connectivity index (χ2v) is 10.4. The molecule has 6 nitrogen and oxygen atoms in total. The molecule has 1 fully saturated rings. The molecular formula is C21H20N2O4S2. The molecule has 0 unspecified atom stereocenters. The lowest BCUT2D eigenvalue weighted by atomic mass is 9.91. The topological polar surface area (TPSA) is 93.2 Å². The van der Waals surface area contributed by atoms with E-state index < -0.39 is 21.4 Å². The molecule has 0 amide bonds. The van der Waals surface area contributed by atoms with Crippen LogP contribution < -0.4 is 5.32 Å². The minimum absolute atomic E-state index is 0.0544. The molecule has 150 valence electrons. The lowest BCUT2D eigenvalue weighted by Gasteiger charge is -2.25. The van der Waals surface area contributed by atoms with E-state index in [2.05, 4.69) is 10.3 Å². The van der Waals surface area contributed by atoms with E-state index in [9.17, 15) is 18.0 Å². The summed E-state index contributed by atoms with van der Waals surface area (Å²) < 4.78 is 24.1. The molecule has 1 N–H and O–H groups in total. The van der Waals surface area contributed by atoms with Crippen LogP contribution in [0.3, 0.4) is 0 Å². The lowest BCUT2D eigenvalue weighted by Crippen LogP contribution is -2.24. The summed E-state index contributed by atoms with van der Waals surface area (Å²) in [6.07, 6.45) is 7.72. The van der Waals surface area contributed by atoms with Crippen molar-refractivity contribution in [1.29, 1.82) is 0 Å². The van der Waals surface area contributed by atoms with Crippen LogP contribution in [0.1, 0.15) is 45.0 Å². The predicted molar refractivity (Wildman–Crippen MR) is 113 cm³/mol. The van der Waals surface area contributed by atoms with Crippen LogP contribution in [0.2, 0.25) is 0 Å². The van der Waals surface area contributed by atoms with Gasteiger partial charge in [-0.15, -0.1) is 0 Å². The van der Waals surface area contributed by atoms with Crippen molar-refractivity contribution in [2.45, 2.75) is 23.7 Å². The van der Waals surface area contributed by atoms with Crippen molar-refractivity contribution in [2.75, 3.05) is 23.1 Å². The first-order chi connectivity index (χ1) is 13.9. The second kappa shape index (κ2) is 7.76. The van der Waals surface area contributed by atoms with E-state index >= 15 is 0 Å². The summed E-state index contributed by atoms with van der Waals surface area (Å²) in [7, 11) is -3.63. The van der Waals surface area contributed by atoms with Crippen molar-refractivity contribution < 1.29 is 18.0 Å². The maximum absolute atomic E-state index is 13.0. The molecule has 29 heavy (non-hydrogen) atoms. The van der Waals surface area contributed by atoms with E-state index in [1.807, 2.05) is 17.8 Å². The molecule has 2 aliphatic rings. The molecule has 2 heterocycles. The van der Waals surface area contributed by atoms with Crippen LogP contribution >= 0.6 is 11.8 Å². The molecule has 0 radical (unpaired) electrons. The number of hydrogen-bond acceptors (Lipinski definition) is 7. The number of rotatable bonds is 4. The standard InChI is InChI=1S/C21H20N2O4S2/c1-29(26,27)19-4-2-3-15-20(19)18(24)11-16(21(15)25)23-17-12-22-8-5-14(17)13-6-9-28-10-7-13/h2-5,8,11-13,23H,6-7,9-10H2,1H3. The van der Waals surface area contributed by atoms with Gasteiger partial charge in [0.05, 0.1) is 28.0 Å². The number of fused-ring (bicyclic) bond motifs is 1. The number of ketones is 2. The van der Waals surface area contributed by atoms with E-state index in [1.165, 1.54) is 24.3 Å². The first-order valence-electron chi connectivity index (χ1n) is 9.28. The van der Waals surface area contributed by atoms with E-state index in [4.69, 9.17) is 0 Å². The Kier molecular flexibility index (Phi) is 5.31. The summed E-state index contributed by atoms with van der Waals surface area (Å²) >= 11 is 1.94. The van der Waals surface area contributed by atoms with Crippen molar-refractivity contribution >= 4 is 38.9 Å². The minimum Gasteiger partial charge on any atom is -0.351 e. The molecule has 4 rings (SSSR count). The fourth-order valence-corrected chi connectivity index (χ4v) is 5.82. The van der Waals surface area contributed by atoms with Gasteiger partial charge in [0.2, 0.25) is 5.78 Å². The lowest BCUT2D eigenvalue weighted by molar-refractivity contribution is 0.0983.